The van der Waals surface area contributed by atoms with Crippen molar-refractivity contribution in [2.24, 2.45) is 0 Å². The number of nitriles is 2. The van der Waals surface area contributed by atoms with Crippen molar-refractivity contribution >= 4 is 54.5 Å². The Labute approximate surface area is 563 Å². The number of rotatable bonds is 8. The second kappa shape index (κ2) is 52.6. The monoisotopic (exact) mass is 1340 g/mol. The van der Waals surface area contributed by atoms with Crippen LogP contribution in [0.25, 0.3) is 0 Å². The van der Waals surface area contributed by atoms with Gasteiger partial charge in [-0.05, 0) is 45.6 Å². The number of hydrogen-bond donors (Lipinski definition) is 0. The van der Waals surface area contributed by atoms with Crippen molar-refractivity contribution in [2.75, 3.05) is 191 Å². The Balaban J connectivity index is 0.000000562. The summed E-state index contributed by atoms with van der Waals surface area (Å²) < 4.78 is 48.2. The number of amides is 8. The van der Waals surface area contributed by atoms with Crippen LogP contribution in [0.15, 0.2) is 0 Å². The van der Waals surface area contributed by atoms with Gasteiger partial charge < -0.3 is 86.6 Å². The molecule has 2 atom stereocenters. The van der Waals surface area contributed by atoms with Crippen molar-refractivity contribution in [1.82, 2.24) is 44.1 Å². The molecule has 0 saturated carbocycles. The highest BCUT2D eigenvalue weighted by atomic mass is 16.6. The molecule has 0 aromatic heterocycles. The normalized spacial score (nSPS) is 17.6. The zero-order valence-corrected chi connectivity index (χ0v) is 54.4. The number of hydrogen-bond acceptors (Lipinski definition) is 22. The van der Waals surface area contributed by atoms with Crippen LogP contribution in [0.5, 0.6) is 0 Å². The van der Waals surface area contributed by atoms with E-state index in [4.69, 9.17) is 109 Å². The molecular weight excluding hydrogens is 1250 g/mol. The van der Waals surface area contributed by atoms with Crippen LogP contribution < -0.4 is 0 Å². The summed E-state index contributed by atoms with van der Waals surface area (Å²) in [6.45, 7) is 11.2. The van der Waals surface area contributed by atoms with Crippen molar-refractivity contribution in [3.8, 4) is 111 Å². The van der Waals surface area contributed by atoms with E-state index < -0.39 is 36.6 Å². The third-order valence-electron chi connectivity index (χ3n) is 13.6. The predicted octanol–water partition coefficient (Wildman–Crippen LogP) is 3.01. The van der Waals surface area contributed by atoms with E-state index in [1.54, 1.807) is 14.7 Å². The summed E-state index contributed by atoms with van der Waals surface area (Å²) in [5.41, 5.74) is 0. The molecule has 30 heteroatoms. The Morgan fingerprint density at radius 1 is 0.385 bits per heavy atom. The number of ether oxygens (including phenoxy) is 10. The lowest BCUT2D eigenvalue weighted by Crippen LogP contribution is -2.50. The smallest absolute Gasteiger partial charge is 0.411 e. The van der Waals surface area contributed by atoms with Gasteiger partial charge in [0, 0.05) is 118 Å². The standard InChI is InChI=1S/C12H14N2O4.C10H12N2O2.C9H10N2O3.C9H14N2O2.C9H11NO3.C9H13NO2.C8H11NO3/c1-3-9-17-11(15)13-5-7-14(8-6-13)12(16)18-10-4-2;1-2-7-14-10(13)12-6-4-3-5-9(12)8-11;1-2-4-14-9(12)11-3-5-13-8(6-10)7-11;1-3-8-13-9(12)11-6-4-10(2)5-7-11;1-2-7-13-9(12)10-5-3-8(11)4-6-10;1-2-8-12-9(11)10-6-4-3-5-7-10;1-2-5-12-8(10)9-3-6-11-7-4-9/h1-2H,5-10H2;1,9H,3-7H2;1,8H,3-5,7H2;1H,4-8H2,2H3;1H,3-7H2;1H,3-8H2;1H,3-7H2. The molecule has 7 heterocycles. The summed E-state index contributed by atoms with van der Waals surface area (Å²) >= 11 is 0. The van der Waals surface area contributed by atoms with Crippen LogP contribution in [0.3, 0.4) is 0 Å². The molecule has 0 N–H and O–H groups in total. The summed E-state index contributed by atoms with van der Waals surface area (Å²) in [6.07, 6.45) is 42.7. The van der Waals surface area contributed by atoms with E-state index in [9.17, 15) is 43.2 Å². The first kappa shape index (κ1) is 83.2. The second-order valence-electron chi connectivity index (χ2n) is 20.3. The molecule has 0 aromatic rings. The van der Waals surface area contributed by atoms with Crippen LogP contribution in [0.1, 0.15) is 51.4 Å². The minimum atomic E-state index is -0.567. The molecule has 2 unspecified atom stereocenters. The van der Waals surface area contributed by atoms with Gasteiger partial charge in [0.2, 0.25) is 0 Å². The fourth-order valence-electron chi connectivity index (χ4n) is 8.55. The van der Waals surface area contributed by atoms with E-state index in [-0.39, 0.29) is 89.5 Å². The lowest BCUT2D eigenvalue weighted by Gasteiger charge is -2.33. The van der Waals surface area contributed by atoms with Crippen molar-refractivity contribution in [3.63, 3.8) is 0 Å². The average Bonchev–Trinajstić information content (AvgIpc) is 1.46. The van der Waals surface area contributed by atoms with E-state index in [2.05, 4.69) is 58.3 Å². The third kappa shape index (κ3) is 36.4. The van der Waals surface area contributed by atoms with Crippen molar-refractivity contribution in [1.29, 1.82) is 10.5 Å². The van der Waals surface area contributed by atoms with Gasteiger partial charge in [0.15, 0.2) is 59.0 Å². The minimum absolute atomic E-state index is 0.0106. The zero-order valence-electron chi connectivity index (χ0n) is 54.4. The van der Waals surface area contributed by atoms with Gasteiger partial charge in [-0.25, -0.2) is 38.4 Å². The number of carbonyl (C=O) groups is 9. The number of piperidine rings is 3. The molecular formula is C66H85N11O19. The molecule has 96 heavy (non-hydrogen) atoms. The van der Waals surface area contributed by atoms with Gasteiger partial charge in [0.05, 0.1) is 38.5 Å². The Morgan fingerprint density at radius 2 is 0.698 bits per heavy atom. The van der Waals surface area contributed by atoms with Gasteiger partial charge in [-0.15, -0.1) is 51.4 Å². The van der Waals surface area contributed by atoms with Gasteiger partial charge in [0.1, 0.15) is 11.8 Å². The highest BCUT2D eigenvalue weighted by molar-refractivity contribution is 5.81. The SMILES string of the molecule is C#CCOC(=O)N1CCC(=O)CC1.C#CCOC(=O)N1CCCCC1.C#CCOC(=O)N1CCCCC1C#N.C#CCOC(=O)N1CCN(C(=O)OCC#C)CC1.C#CCOC(=O)N1CCN(C)CC1.C#CCOC(=O)N1CCOC(C#N)C1.C#CCOC(=O)N1CCOCC1. The number of morpholine rings is 2. The Bertz CT molecular complexity index is 2790. The van der Waals surface area contributed by atoms with Crippen LogP contribution in [0.2, 0.25) is 0 Å². The third-order valence-corrected chi connectivity index (χ3v) is 13.6. The highest BCUT2D eigenvalue weighted by Gasteiger charge is 2.29. The largest absolute Gasteiger partial charge is 0.436 e. The van der Waals surface area contributed by atoms with Crippen LogP contribution in [-0.4, -0.2) is 302 Å². The molecule has 7 aliphatic rings. The van der Waals surface area contributed by atoms with Gasteiger partial charge >= 0.3 is 48.7 Å². The minimum Gasteiger partial charge on any atom is -0.436 e. The van der Waals surface area contributed by atoms with Gasteiger partial charge in [0.25, 0.3) is 0 Å². The first-order valence-electron chi connectivity index (χ1n) is 30.4. The first-order valence-corrected chi connectivity index (χ1v) is 30.4. The maximum atomic E-state index is 11.5. The van der Waals surface area contributed by atoms with E-state index in [1.165, 1.54) is 30.9 Å². The molecule has 0 aromatic carbocycles. The van der Waals surface area contributed by atoms with Crippen LogP contribution >= 0.6 is 0 Å². The number of piperazine rings is 2. The predicted molar refractivity (Wildman–Crippen MR) is 344 cm³/mol. The topological polar surface area (TPSA) is 323 Å². The zero-order chi connectivity index (χ0) is 71.1. The summed E-state index contributed by atoms with van der Waals surface area (Å²) in [7, 11) is 2.03. The molecule has 7 saturated heterocycles. The number of carbonyl (C=O) groups excluding carboxylic acids is 9. The van der Waals surface area contributed by atoms with Crippen molar-refractivity contribution < 1.29 is 90.5 Å². The Kier molecular flexibility index (Phi) is 45.6. The average molecular weight is 1340 g/mol. The van der Waals surface area contributed by atoms with E-state index in [1.807, 2.05) is 13.1 Å². The summed E-state index contributed by atoms with van der Waals surface area (Å²) in [5.74, 6) is 18.0. The maximum absolute atomic E-state index is 11.5. The number of terminal acetylenes is 8. The molecule has 8 amide bonds. The number of nitrogens with zero attached hydrogens (tertiary/aromatic N) is 11. The van der Waals surface area contributed by atoms with E-state index in [0.717, 1.165) is 71.4 Å². The van der Waals surface area contributed by atoms with Crippen LogP contribution in [0.4, 0.5) is 38.4 Å². The second-order valence-corrected chi connectivity index (χ2v) is 20.3. The van der Waals surface area contributed by atoms with Gasteiger partial charge in [-0.2, -0.15) is 10.5 Å². The highest BCUT2D eigenvalue weighted by Crippen LogP contribution is 2.17. The lowest BCUT2D eigenvalue weighted by atomic mass is 10.0. The van der Waals surface area contributed by atoms with E-state index in [0.29, 0.717) is 98.1 Å². The fraction of sp³-hybridized carbons (Fsp3) is 0.591. The summed E-state index contributed by atoms with van der Waals surface area (Å²) in [6, 6.07) is 3.66. The van der Waals surface area contributed by atoms with Crippen molar-refractivity contribution in [3.05, 3.63) is 0 Å². The number of ketones is 1. The molecule has 7 aliphatic heterocycles. The fourth-order valence-corrected chi connectivity index (χ4v) is 8.55. The Hall–Kier alpha value is -10.8. The van der Waals surface area contributed by atoms with Crippen LogP contribution in [-0.2, 0) is 52.2 Å². The quantitative estimate of drug-likeness (QED) is 0.249. The Morgan fingerprint density at radius 3 is 1.06 bits per heavy atom. The number of likely N-dealkylation sites (tertiary alicyclic amines) is 3. The molecule has 0 bridgehead atoms. The van der Waals surface area contributed by atoms with Crippen molar-refractivity contribution in [2.45, 2.75) is 63.5 Å². The first-order chi connectivity index (χ1) is 46.4. The molecule has 0 aliphatic carbocycles. The number of likely N-dealkylation sites (N-methyl/N-ethyl adjacent to an activating group) is 1. The summed E-state index contributed by atoms with van der Waals surface area (Å²) in [5, 5.41) is 17.4. The molecule has 30 nitrogen and oxygen atoms in total. The lowest BCUT2D eigenvalue weighted by molar-refractivity contribution is -0.121. The molecule has 0 radical (unpaired) electrons. The molecule has 7 fully saturated rings. The summed E-state index contributed by atoms with van der Waals surface area (Å²) in [4.78, 5) is 116. The molecule has 7 rings (SSSR count). The number of Topliss-reactive ketones (excluding diaryl/α,β-unsaturated/α-hetero) is 1. The van der Waals surface area contributed by atoms with Crippen LogP contribution in [0, 0.1) is 121 Å². The maximum Gasteiger partial charge on any atom is 0.411 e. The molecule has 0 spiro atoms. The molecule has 518 valence electrons. The van der Waals surface area contributed by atoms with E-state index >= 15 is 0 Å². The van der Waals surface area contributed by atoms with Gasteiger partial charge in [-0.1, -0.05) is 47.4 Å². The van der Waals surface area contributed by atoms with Gasteiger partial charge in [-0.3, -0.25) is 9.69 Å².